The number of hydrogen-bond acceptors (Lipinski definition) is 3. The van der Waals surface area contributed by atoms with E-state index < -0.39 is 5.41 Å². The minimum Gasteiger partial charge on any atom is -0.467 e. The molecule has 0 fully saturated rings. The summed E-state index contributed by atoms with van der Waals surface area (Å²) in [7, 11) is 0. The lowest BCUT2D eigenvalue weighted by molar-refractivity contribution is -0.141. The first-order chi connectivity index (χ1) is 10.9. The fourth-order valence-corrected chi connectivity index (χ4v) is 2.11. The summed E-state index contributed by atoms with van der Waals surface area (Å²) in [5, 5.41) is 5.61. The van der Waals surface area contributed by atoms with Gasteiger partial charge in [-0.05, 0) is 38.5 Å². The minimum atomic E-state index is -1.17. The van der Waals surface area contributed by atoms with Crippen molar-refractivity contribution >= 4 is 11.8 Å². The van der Waals surface area contributed by atoms with Gasteiger partial charge in [0.05, 0.1) is 18.8 Å². The Bertz CT molecular complexity index is 648. The lowest BCUT2D eigenvalue weighted by atomic mass is 9.90. The predicted octanol–water partition coefficient (Wildman–Crippen LogP) is 2.80. The summed E-state index contributed by atoms with van der Waals surface area (Å²) in [4.78, 5) is 24.8. The molecule has 0 saturated carbocycles. The number of benzene rings is 1. The van der Waals surface area contributed by atoms with E-state index in [1.807, 2.05) is 37.3 Å². The van der Waals surface area contributed by atoms with Gasteiger partial charge in [0.25, 0.3) is 0 Å². The Morgan fingerprint density at radius 2 is 1.78 bits per heavy atom. The van der Waals surface area contributed by atoms with Crippen LogP contribution in [-0.4, -0.2) is 11.8 Å². The van der Waals surface area contributed by atoms with Crippen molar-refractivity contribution in [1.82, 2.24) is 10.6 Å². The third-order valence-corrected chi connectivity index (χ3v) is 3.79. The van der Waals surface area contributed by atoms with Gasteiger partial charge in [-0.2, -0.15) is 0 Å². The van der Waals surface area contributed by atoms with E-state index in [9.17, 15) is 9.59 Å². The van der Waals surface area contributed by atoms with E-state index in [1.54, 1.807) is 32.2 Å². The molecular formula is C18H22N2O3. The molecule has 122 valence electrons. The summed E-state index contributed by atoms with van der Waals surface area (Å²) in [6.45, 7) is 5.37. The second-order valence-corrected chi connectivity index (χ2v) is 5.99. The van der Waals surface area contributed by atoms with E-state index >= 15 is 0 Å². The van der Waals surface area contributed by atoms with Gasteiger partial charge in [-0.25, -0.2) is 0 Å². The summed E-state index contributed by atoms with van der Waals surface area (Å²) >= 11 is 0. The highest BCUT2D eigenvalue weighted by Crippen LogP contribution is 2.19. The maximum atomic E-state index is 12.5. The molecule has 1 unspecified atom stereocenters. The highest BCUT2D eigenvalue weighted by molar-refractivity contribution is 6.04. The molecule has 23 heavy (non-hydrogen) atoms. The van der Waals surface area contributed by atoms with Crippen molar-refractivity contribution < 1.29 is 14.0 Å². The summed E-state index contributed by atoms with van der Waals surface area (Å²) in [6, 6.07) is 13.0. The minimum absolute atomic E-state index is 0.166. The first-order valence-electron chi connectivity index (χ1n) is 7.58. The molecule has 1 aromatic carbocycles. The molecule has 1 atom stereocenters. The molecule has 0 aliphatic carbocycles. The Kier molecular flexibility index (Phi) is 5.21. The van der Waals surface area contributed by atoms with Crippen LogP contribution in [-0.2, 0) is 16.1 Å². The highest BCUT2D eigenvalue weighted by Gasteiger charge is 2.36. The van der Waals surface area contributed by atoms with Gasteiger partial charge in [0.1, 0.15) is 11.2 Å². The second kappa shape index (κ2) is 7.13. The zero-order chi connectivity index (χ0) is 16.9. The van der Waals surface area contributed by atoms with Crippen molar-refractivity contribution in [3.8, 4) is 0 Å². The maximum Gasteiger partial charge on any atom is 0.235 e. The topological polar surface area (TPSA) is 71.3 Å². The van der Waals surface area contributed by atoms with Crippen molar-refractivity contribution in [3.63, 3.8) is 0 Å². The Morgan fingerprint density at radius 1 is 1.09 bits per heavy atom. The lowest BCUT2D eigenvalue weighted by Gasteiger charge is -2.25. The van der Waals surface area contributed by atoms with Crippen LogP contribution in [0.3, 0.4) is 0 Å². The molecule has 2 aromatic rings. The Labute approximate surface area is 136 Å². The number of carbonyl (C=O) groups is 2. The molecule has 0 aliphatic rings. The number of carbonyl (C=O) groups excluding carboxylic acids is 2. The Balaban J connectivity index is 1.94. The molecule has 1 heterocycles. The van der Waals surface area contributed by atoms with Crippen LogP contribution in [0.2, 0.25) is 0 Å². The molecular weight excluding hydrogens is 292 g/mol. The molecule has 0 saturated heterocycles. The van der Waals surface area contributed by atoms with E-state index in [-0.39, 0.29) is 24.4 Å². The smallest absolute Gasteiger partial charge is 0.235 e. The van der Waals surface area contributed by atoms with Crippen LogP contribution >= 0.6 is 0 Å². The maximum absolute atomic E-state index is 12.5. The molecule has 5 heteroatoms. The van der Waals surface area contributed by atoms with E-state index in [2.05, 4.69) is 10.6 Å². The zero-order valence-electron chi connectivity index (χ0n) is 13.6. The summed E-state index contributed by atoms with van der Waals surface area (Å²) in [6.07, 6.45) is 1.54. The van der Waals surface area contributed by atoms with Crippen molar-refractivity contribution in [1.29, 1.82) is 0 Å². The van der Waals surface area contributed by atoms with Gasteiger partial charge in [0.15, 0.2) is 0 Å². The van der Waals surface area contributed by atoms with E-state index in [0.29, 0.717) is 5.76 Å². The number of rotatable bonds is 6. The molecule has 0 spiro atoms. The van der Waals surface area contributed by atoms with Gasteiger partial charge in [0, 0.05) is 0 Å². The number of amides is 2. The Morgan fingerprint density at radius 3 is 2.39 bits per heavy atom. The standard InChI is InChI=1S/C18H22N2O3/c1-13(14-8-5-4-6-9-14)20-17(22)18(2,3)16(21)19-12-15-10-7-11-23-15/h4-11,13H,12H2,1-3H3,(H,19,21)(H,20,22). The molecule has 2 amide bonds. The molecule has 1 aromatic heterocycles. The van der Waals surface area contributed by atoms with Crippen molar-refractivity contribution in [2.75, 3.05) is 0 Å². The first kappa shape index (κ1) is 16.8. The van der Waals surface area contributed by atoms with Gasteiger partial charge in [-0.1, -0.05) is 30.3 Å². The summed E-state index contributed by atoms with van der Waals surface area (Å²) in [5.41, 5.74) is -0.178. The van der Waals surface area contributed by atoms with Gasteiger partial charge in [-0.3, -0.25) is 9.59 Å². The molecule has 2 N–H and O–H groups in total. The van der Waals surface area contributed by atoms with Crippen LogP contribution in [0.5, 0.6) is 0 Å². The van der Waals surface area contributed by atoms with Crippen LogP contribution in [0, 0.1) is 5.41 Å². The Hall–Kier alpha value is -2.56. The predicted molar refractivity (Wildman–Crippen MR) is 87.3 cm³/mol. The van der Waals surface area contributed by atoms with E-state index in [1.165, 1.54) is 0 Å². The number of hydrogen-bond donors (Lipinski definition) is 2. The zero-order valence-corrected chi connectivity index (χ0v) is 13.6. The average molecular weight is 314 g/mol. The fraction of sp³-hybridized carbons (Fsp3) is 0.333. The van der Waals surface area contributed by atoms with Crippen LogP contribution in [0.25, 0.3) is 0 Å². The lowest BCUT2D eigenvalue weighted by Crippen LogP contribution is -2.48. The monoisotopic (exact) mass is 314 g/mol. The van der Waals surface area contributed by atoms with Crippen LogP contribution in [0.4, 0.5) is 0 Å². The van der Waals surface area contributed by atoms with E-state index in [4.69, 9.17) is 4.42 Å². The van der Waals surface area contributed by atoms with Crippen LogP contribution in [0.1, 0.15) is 38.1 Å². The molecule has 5 nitrogen and oxygen atoms in total. The number of nitrogens with one attached hydrogen (secondary N) is 2. The van der Waals surface area contributed by atoms with Gasteiger partial charge in [0.2, 0.25) is 11.8 Å². The normalized spacial score (nSPS) is 12.5. The van der Waals surface area contributed by atoms with Crippen molar-refractivity contribution in [2.24, 2.45) is 5.41 Å². The van der Waals surface area contributed by atoms with Gasteiger partial charge < -0.3 is 15.1 Å². The molecule has 0 aliphatic heterocycles. The number of furan rings is 1. The fourth-order valence-electron chi connectivity index (χ4n) is 2.11. The van der Waals surface area contributed by atoms with Gasteiger partial charge >= 0.3 is 0 Å². The van der Waals surface area contributed by atoms with Crippen molar-refractivity contribution in [3.05, 3.63) is 60.1 Å². The molecule has 2 rings (SSSR count). The van der Waals surface area contributed by atoms with E-state index in [0.717, 1.165) is 5.56 Å². The third kappa shape index (κ3) is 4.22. The second-order valence-electron chi connectivity index (χ2n) is 5.99. The first-order valence-corrected chi connectivity index (χ1v) is 7.58. The SMILES string of the molecule is CC(NC(=O)C(C)(C)C(=O)NCc1ccco1)c1ccccc1. The van der Waals surface area contributed by atoms with Gasteiger partial charge in [-0.15, -0.1) is 0 Å². The molecule has 0 radical (unpaired) electrons. The summed E-state index contributed by atoms with van der Waals surface area (Å²) < 4.78 is 5.16. The third-order valence-electron chi connectivity index (χ3n) is 3.79. The van der Waals surface area contributed by atoms with Crippen LogP contribution < -0.4 is 10.6 Å². The van der Waals surface area contributed by atoms with Crippen LogP contribution in [0.15, 0.2) is 53.1 Å². The largest absolute Gasteiger partial charge is 0.467 e. The highest BCUT2D eigenvalue weighted by atomic mass is 16.3. The summed E-state index contributed by atoms with van der Waals surface area (Å²) in [5.74, 6) is -0.00956. The molecule has 0 bridgehead atoms. The quantitative estimate of drug-likeness (QED) is 0.805. The van der Waals surface area contributed by atoms with Crippen molar-refractivity contribution in [2.45, 2.75) is 33.4 Å². The average Bonchev–Trinajstić information content (AvgIpc) is 3.06.